The second kappa shape index (κ2) is 14.8. The van der Waals surface area contributed by atoms with Gasteiger partial charge in [0.2, 0.25) is 0 Å². The van der Waals surface area contributed by atoms with Crippen LogP contribution in [0, 0.1) is 0 Å². The molecule has 1 atom stereocenters. The Morgan fingerprint density at radius 3 is 2.11 bits per heavy atom. The van der Waals surface area contributed by atoms with Gasteiger partial charge in [0.15, 0.2) is 11.5 Å². The van der Waals surface area contributed by atoms with Crippen LogP contribution in [0.1, 0.15) is 30.0 Å². The van der Waals surface area contributed by atoms with Crippen molar-refractivity contribution in [2.75, 3.05) is 32.1 Å². The van der Waals surface area contributed by atoms with Gasteiger partial charge >= 0.3 is 24.3 Å². The number of likely N-dealkylation sites (tertiary alicyclic amines) is 1. The number of aliphatic carboxylic acids is 2. The van der Waals surface area contributed by atoms with Crippen molar-refractivity contribution in [1.29, 1.82) is 0 Å². The van der Waals surface area contributed by atoms with Crippen molar-refractivity contribution in [3.63, 3.8) is 0 Å². The Hall–Kier alpha value is -3.71. The maximum Gasteiger partial charge on any atom is 0.490 e. The van der Waals surface area contributed by atoms with Gasteiger partial charge in [0.1, 0.15) is 17.6 Å². The van der Waals surface area contributed by atoms with E-state index in [0.717, 1.165) is 11.1 Å². The molecule has 0 radical (unpaired) electrons. The van der Waals surface area contributed by atoms with Gasteiger partial charge in [-0.15, -0.1) is 0 Å². The summed E-state index contributed by atoms with van der Waals surface area (Å²) in [6, 6.07) is 1.51. The number of hydrogen-bond donors (Lipinski definition) is 4. The van der Waals surface area contributed by atoms with Crippen molar-refractivity contribution >= 4 is 52.1 Å². The van der Waals surface area contributed by atoms with Crippen LogP contribution < -0.4 is 10.1 Å². The molecular weight excluding hydrogens is 663 g/mol. The second-order valence-corrected chi connectivity index (χ2v) is 9.60. The standard InChI is InChI=1S/C19H20Cl2F2N6O.2C2HF3O2/c1-9(28-19-16-18(25-7-24-16)26-8-27-19)11-3-12(20)15(21)14(17(11)30-2)10-4-29(5-10)6-13(22)23;2*3-2(4,5)1(6)7/h3,7-10,13H,4-6H2,1-2H3,(H2,24,25,26,27,28);2*(H,6,7). The highest BCUT2D eigenvalue weighted by atomic mass is 35.5. The summed E-state index contributed by atoms with van der Waals surface area (Å²) in [5, 5.41) is 18.4. The van der Waals surface area contributed by atoms with Gasteiger partial charge in [0.25, 0.3) is 6.43 Å². The van der Waals surface area contributed by atoms with Crippen LogP contribution in [0.3, 0.4) is 0 Å². The molecule has 3 aromatic rings. The molecule has 11 nitrogen and oxygen atoms in total. The molecule has 1 aliphatic rings. The topological polar surface area (TPSA) is 154 Å². The summed E-state index contributed by atoms with van der Waals surface area (Å²) in [6.07, 6.45) is -9.55. The first-order valence-electron chi connectivity index (χ1n) is 11.8. The van der Waals surface area contributed by atoms with Gasteiger partial charge < -0.3 is 25.3 Å². The Bertz CT molecular complexity index is 1430. The number of nitrogens with one attached hydrogen (secondary N) is 2. The number of methoxy groups -OCH3 is 1. The summed E-state index contributed by atoms with van der Waals surface area (Å²) in [5.41, 5.74) is 2.77. The second-order valence-electron chi connectivity index (χ2n) is 8.81. The number of carboxylic acids is 2. The third-order valence-electron chi connectivity index (χ3n) is 5.73. The van der Waals surface area contributed by atoms with Crippen LogP contribution >= 0.6 is 23.2 Å². The smallest absolute Gasteiger partial charge is 0.490 e. The number of carboxylic acid groups (broad SMARTS) is 2. The summed E-state index contributed by atoms with van der Waals surface area (Å²) in [4.78, 5) is 35.0. The maximum atomic E-state index is 12.6. The number of H-pyrrole nitrogens is 1. The first kappa shape index (κ1) is 36.5. The quantitative estimate of drug-likeness (QED) is 0.226. The molecule has 21 heteroatoms. The summed E-state index contributed by atoms with van der Waals surface area (Å²) >= 11 is 12.9. The normalized spacial score (nSPS) is 14.6. The van der Waals surface area contributed by atoms with Crippen LogP contribution in [0.5, 0.6) is 5.75 Å². The van der Waals surface area contributed by atoms with Gasteiger partial charge in [0, 0.05) is 30.1 Å². The molecule has 4 N–H and O–H groups in total. The molecule has 1 fully saturated rings. The fourth-order valence-electron chi connectivity index (χ4n) is 3.82. The number of rotatable bonds is 7. The minimum atomic E-state index is -5.08. The van der Waals surface area contributed by atoms with Crippen LogP contribution in [-0.2, 0) is 9.59 Å². The van der Waals surface area contributed by atoms with E-state index in [4.69, 9.17) is 47.7 Å². The molecule has 244 valence electrons. The molecule has 3 heterocycles. The van der Waals surface area contributed by atoms with E-state index in [9.17, 15) is 35.1 Å². The fraction of sp³-hybridized carbons (Fsp3) is 0.435. The predicted molar refractivity (Wildman–Crippen MR) is 139 cm³/mol. The van der Waals surface area contributed by atoms with Crippen molar-refractivity contribution in [3.05, 3.63) is 39.9 Å². The summed E-state index contributed by atoms with van der Waals surface area (Å²) < 4.78 is 94.5. The van der Waals surface area contributed by atoms with E-state index in [-0.39, 0.29) is 18.5 Å². The average molecular weight is 685 g/mol. The van der Waals surface area contributed by atoms with Crippen molar-refractivity contribution in [1.82, 2.24) is 24.8 Å². The third kappa shape index (κ3) is 9.65. The Labute approximate surface area is 252 Å². The van der Waals surface area contributed by atoms with Crippen molar-refractivity contribution < 1.29 is 59.7 Å². The monoisotopic (exact) mass is 684 g/mol. The molecule has 1 aromatic carbocycles. The number of fused-ring (bicyclic) bond motifs is 1. The Balaban J connectivity index is 0.000000402. The largest absolute Gasteiger partial charge is 0.496 e. The fourth-order valence-corrected chi connectivity index (χ4v) is 4.33. The molecule has 1 saturated heterocycles. The van der Waals surface area contributed by atoms with Gasteiger partial charge in [-0.1, -0.05) is 23.2 Å². The minimum absolute atomic E-state index is 0.0331. The number of benzene rings is 1. The lowest BCUT2D eigenvalue weighted by molar-refractivity contribution is -0.193. The van der Waals surface area contributed by atoms with Crippen LogP contribution in [0.2, 0.25) is 10.0 Å². The van der Waals surface area contributed by atoms with E-state index in [2.05, 4.69) is 25.3 Å². The molecule has 2 aromatic heterocycles. The number of imidazole rings is 1. The first-order chi connectivity index (χ1) is 20.3. The molecule has 0 bridgehead atoms. The molecule has 44 heavy (non-hydrogen) atoms. The first-order valence-corrected chi connectivity index (χ1v) is 12.6. The van der Waals surface area contributed by atoms with Crippen LogP contribution in [0.15, 0.2) is 18.7 Å². The zero-order chi connectivity index (χ0) is 33.6. The number of ether oxygens (including phenoxy) is 1. The predicted octanol–water partition coefficient (Wildman–Crippen LogP) is 5.77. The van der Waals surface area contributed by atoms with E-state index in [0.29, 0.717) is 45.9 Å². The number of halogens is 10. The van der Waals surface area contributed by atoms with E-state index >= 15 is 0 Å². The Kier molecular flexibility index (Phi) is 12.3. The van der Waals surface area contributed by atoms with E-state index < -0.39 is 30.7 Å². The minimum Gasteiger partial charge on any atom is -0.496 e. The third-order valence-corrected chi connectivity index (χ3v) is 6.53. The average Bonchev–Trinajstić information content (AvgIpc) is 3.37. The molecule has 1 unspecified atom stereocenters. The summed E-state index contributed by atoms with van der Waals surface area (Å²) in [5.74, 6) is -4.36. The van der Waals surface area contributed by atoms with Crippen molar-refractivity contribution in [2.45, 2.75) is 37.7 Å². The van der Waals surface area contributed by atoms with Gasteiger partial charge in [-0.3, -0.25) is 4.90 Å². The lowest BCUT2D eigenvalue weighted by Crippen LogP contribution is -2.47. The Morgan fingerprint density at radius 1 is 1.09 bits per heavy atom. The number of carbonyl (C=O) groups is 2. The zero-order valence-corrected chi connectivity index (χ0v) is 23.8. The van der Waals surface area contributed by atoms with Crippen molar-refractivity contribution in [3.8, 4) is 5.75 Å². The number of aromatic amines is 1. The van der Waals surface area contributed by atoms with Crippen molar-refractivity contribution in [2.24, 2.45) is 0 Å². The van der Waals surface area contributed by atoms with E-state index in [1.165, 1.54) is 6.33 Å². The van der Waals surface area contributed by atoms with Gasteiger partial charge in [0.05, 0.1) is 36.1 Å². The Morgan fingerprint density at radius 2 is 1.64 bits per heavy atom. The summed E-state index contributed by atoms with van der Waals surface area (Å²) in [7, 11) is 1.56. The van der Waals surface area contributed by atoms with E-state index in [1.807, 2.05) is 6.92 Å². The number of nitrogens with zero attached hydrogens (tertiary/aromatic N) is 4. The number of aromatic nitrogens is 4. The molecule has 0 saturated carbocycles. The highest BCUT2D eigenvalue weighted by molar-refractivity contribution is 6.42. The molecule has 0 spiro atoms. The lowest BCUT2D eigenvalue weighted by atomic mass is 9.88. The maximum absolute atomic E-state index is 12.6. The highest BCUT2D eigenvalue weighted by Gasteiger charge is 2.39. The van der Waals surface area contributed by atoms with E-state index in [1.54, 1.807) is 24.4 Å². The number of hydrogen-bond acceptors (Lipinski definition) is 8. The molecule has 0 amide bonds. The van der Waals surface area contributed by atoms with Gasteiger partial charge in [-0.2, -0.15) is 26.3 Å². The van der Waals surface area contributed by atoms with Crippen LogP contribution in [0.4, 0.5) is 40.9 Å². The molecule has 1 aliphatic heterocycles. The number of alkyl halides is 8. The highest BCUT2D eigenvalue weighted by Crippen LogP contribution is 2.46. The van der Waals surface area contributed by atoms with Gasteiger partial charge in [-0.05, 0) is 13.0 Å². The van der Waals surface area contributed by atoms with Crippen LogP contribution in [0.25, 0.3) is 11.2 Å². The lowest BCUT2D eigenvalue weighted by Gasteiger charge is -2.40. The summed E-state index contributed by atoms with van der Waals surface area (Å²) in [6.45, 7) is 2.64. The van der Waals surface area contributed by atoms with Crippen LogP contribution in [-0.4, -0.2) is 92.5 Å². The SMILES string of the molecule is COc1c(C(C)Nc2ncnc3nc[nH]c23)cc(Cl)c(Cl)c1C1CN(CC(F)F)C1.O=C(O)C(F)(F)F.O=C(O)C(F)(F)F. The molecule has 4 rings (SSSR count). The number of anilines is 1. The molecular formula is C23H22Cl2F8N6O5. The van der Waals surface area contributed by atoms with Gasteiger partial charge in [-0.25, -0.2) is 33.3 Å². The molecule has 0 aliphatic carbocycles. The zero-order valence-electron chi connectivity index (χ0n) is 22.3.